The zero-order valence-electron chi connectivity index (χ0n) is 14.0. The van der Waals surface area contributed by atoms with E-state index in [1.165, 1.54) is 23.6 Å². The second-order valence-corrected chi connectivity index (χ2v) is 8.38. The average Bonchev–Trinajstić information content (AvgIpc) is 2.91. The molecule has 4 rings (SSSR count). The van der Waals surface area contributed by atoms with Crippen LogP contribution in [0.25, 0.3) is 17.1 Å². The fourth-order valence-corrected chi connectivity index (χ4v) is 3.87. The highest BCUT2D eigenvalue weighted by Crippen LogP contribution is 2.37. The van der Waals surface area contributed by atoms with E-state index in [-0.39, 0.29) is 4.90 Å². The lowest BCUT2D eigenvalue weighted by Gasteiger charge is -2.19. The first-order chi connectivity index (χ1) is 11.8. The van der Waals surface area contributed by atoms with Crippen LogP contribution in [0.1, 0.15) is 16.8 Å². The minimum Gasteiger partial charge on any atom is -0.399 e. The molecule has 1 aliphatic carbocycles. The van der Waals surface area contributed by atoms with E-state index in [2.05, 4.69) is 16.1 Å². The first kappa shape index (κ1) is 15.8. The summed E-state index contributed by atoms with van der Waals surface area (Å²) < 4.78 is 25.1. The number of aryl methyl sites for hydroxylation is 2. The Balaban J connectivity index is 1.91. The summed E-state index contributed by atoms with van der Waals surface area (Å²) >= 11 is 0. The molecule has 0 bridgehead atoms. The predicted molar refractivity (Wildman–Crippen MR) is 96.5 cm³/mol. The standard InChI is InChI=1S/C18H18N4O2S/c1-11-15-7-4-12-3-5-13(19)9-16(12)18(15)22(21-11)17-8-6-14(10-20-17)25(2,23)24/h3,5-6,8-10H,4,7,19H2,1-2H3. The second-order valence-electron chi connectivity index (χ2n) is 6.37. The summed E-state index contributed by atoms with van der Waals surface area (Å²) in [6.45, 7) is 1.98. The number of hydrogen-bond donors (Lipinski definition) is 1. The highest BCUT2D eigenvalue weighted by molar-refractivity contribution is 7.90. The van der Waals surface area contributed by atoms with Gasteiger partial charge in [-0.3, -0.25) is 0 Å². The maximum absolute atomic E-state index is 11.6. The van der Waals surface area contributed by atoms with E-state index in [1.807, 2.05) is 19.1 Å². The van der Waals surface area contributed by atoms with Crippen LogP contribution in [0.4, 0.5) is 5.69 Å². The molecule has 0 spiro atoms. The Labute approximate surface area is 146 Å². The number of nitrogens with zero attached hydrogens (tertiary/aromatic N) is 3. The Kier molecular flexibility index (Phi) is 3.43. The van der Waals surface area contributed by atoms with E-state index in [4.69, 9.17) is 5.73 Å². The summed E-state index contributed by atoms with van der Waals surface area (Å²) in [6, 6.07) is 9.18. The molecule has 3 aromatic rings. The largest absolute Gasteiger partial charge is 0.399 e. The topological polar surface area (TPSA) is 90.9 Å². The minimum absolute atomic E-state index is 0.193. The monoisotopic (exact) mass is 354 g/mol. The van der Waals surface area contributed by atoms with E-state index in [9.17, 15) is 8.42 Å². The van der Waals surface area contributed by atoms with Gasteiger partial charge in [0.25, 0.3) is 0 Å². The Hall–Kier alpha value is -2.67. The van der Waals surface area contributed by atoms with E-state index in [0.29, 0.717) is 11.5 Å². The Morgan fingerprint density at radius 2 is 1.96 bits per heavy atom. The fourth-order valence-electron chi connectivity index (χ4n) is 3.31. The molecule has 6 nitrogen and oxygen atoms in total. The van der Waals surface area contributed by atoms with Gasteiger partial charge in [-0.1, -0.05) is 6.07 Å². The third-order valence-electron chi connectivity index (χ3n) is 4.58. The summed E-state index contributed by atoms with van der Waals surface area (Å²) in [5.41, 5.74) is 12.1. The van der Waals surface area contributed by atoms with Crippen LogP contribution in [0, 0.1) is 6.92 Å². The number of pyridine rings is 1. The number of fused-ring (bicyclic) bond motifs is 3. The Morgan fingerprint density at radius 1 is 1.16 bits per heavy atom. The quantitative estimate of drug-likeness (QED) is 0.713. The lowest BCUT2D eigenvalue weighted by atomic mass is 9.88. The third kappa shape index (κ3) is 2.60. The molecular formula is C18H18N4O2S. The molecule has 1 aromatic carbocycles. The van der Waals surface area contributed by atoms with Crippen molar-refractivity contribution in [2.24, 2.45) is 0 Å². The molecule has 1 aliphatic rings. The molecular weight excluding hydrogens is 336 g/mol. The third-order valence-corrected chi connectivity index (χ3v) is 5.68. The van der Waals surface area contributed by atoms with Crippen molar-refractivity contribution in [1.29, 1.82) is 0 Å². The van der Waals surface area contributed by atoms with Crippen LogP contribution >= 0.6 is 0 Å². The predicted octanol–water partition coefficient (Wildman–Crippen LogP) is 2.33. The van der Waals surface area contributed by atoms with Gasteiger partial charge in [0.1, 0.15) is 0 Å². The lowest BCUT2D eigenvalue weighted by molar-refractivity contribution is 0.601. The van der Waals surface area contributed by atoms with Crippen LogP contribution in [-0.2, 0) is 22.7 Å². The van der Waals surface area contributed by atoms with Crippen LogP contribution in [0.2, 0.25) is 0 Å². The molecule has 25 heavy (non-hydrogen) atoms. The maximum Gasteiger partial charge on any atom is 0.177 e. The van der Waals surface area contributed by atoms with Gasteiger partial charge < -0.3 is 5.73 Å². The van der Waals surface area contributed by atoms with Crippen molar-refractivity contribution < 1.29 is 8.42 Å². The molecule has 0 aliphatic heterocycles. The highest BCUT2D eigenvalue weighted by Gasteiger charge is 2.25. The van der Waals surface area contributed by atoms with Gasteiger partial charge in [0, 0.05) is 29.3 Å². The lowest BCUT2D eigenvalue weighted by Crippen LogP contribution is -2.09. The fraction of sp³-hybridized carbons (Fsp3) is 0.222. The molecule has 128 valence electrons. The van der Waals surface area contributed by atoms with Crippen molar-refractivity contribution in [3.63, 3.8) is 0 Å². The maximum atomic E-state index is 11.6. The molecule has 0 fully saturated rings. The van der Waals surface area contributed by atoms with Gasteiger partial charge in [0.2, 0.25) is 0 Å². The normalized spacial score (nSPS) is 13.4. The molecule has 0 saturated heterocycles. The van der Waals surface area contributed by atoms with Crippen molar-refractivity contribution in [3.05, 3.63) is 53.3 Å². The van der Waals surface area contributed by atoms with Gasteiger partial charge in [0.05, 0.1) is 16.3 Å². The van der Waals surface area contributed by atoms with Crippen LogP contribution in [0.15, 0.2) is 41.4 Å². The first-order valence-corrected chi connectivity index (χ1v) is 9.87. The van der Waals surface area contributed by atoms with Crippen molar-refractivity contribution >= 4 is 15.5 Å². The van der Waals surface area contributed by atoms with Gasteiger partial charge in [-0.25, -0.2) is 18.1 Å². The van der Waals surface area contributed by atoms with Crippen molar-refractivity contribution in [2.45, 2.75) is 24.7 Å². The van der Waals surface area contributed by atoms with Crippen LogP contribution in [0.3, 0.4) is 0 Å². The molecule has 0 atom stereocenters. The van der Waals surface area contributed by atoms with Gasteiger partial charge in [0.15, 0.2) is 15.7 Å². The first-order valence-electron chi connectivity index (χ1n) is 7.98. The number of sulfone groups is 1. The number of anilines is 1. The van der Waals surface area contributed by atoms with Gasteiger partial charge in [-0.2, -0.15) is 5.10 Å². The van der Waals surface area contributed by atoms with Crippen molar-refractivity contribution in [3.8, 4) is 17.1 Å². The summed E-state index contributed by atoms with van der Waals surface area (Å²) in [5.74, 6) is 0.590. The van der Waals surface area contributed by atoms with Gasteiger partial charge >= 0.3 is 0 Å². The van der Waals surface area contributed by atoms with E-state index in [1.54, 1.807) is 16.8 Å². The van der Waals surface area contributed by atoms with Crippen molar-refractivity contribution in [2.75, 3.05) is 12.0 Å². The van der Waals surface area contributed by atoms with Crippen LogP contribution in [-0.4, -0.2) is 29.4 Å². The second kappa shape index (κ2) is 5.42. The van der Waals surface area contributed by atoms with Crippen LogP contribution < -0.4 is 5.73 Å². The molecule has 2 aromatic heterocycles. The summed E-state index contributed by atoms with van der Waals surface area (Å²) in [5, 5.41) is 4.65. The van der Waals surface area contributed by atoms with E-state index < -0.39 is 9.84 Å². The molecule has 0 radical (unpaired) electrons. The zero-order chi connectivity index (χ0) is 17.8. The number of rotatable bonds is 2. The van der Waals surface area contributed by atoms with Gasteiger partial charge in [-0.15, -0.1) is 0 Å². The Morgan fingerprint density at radius 3 is 2.64 bits per heavy atom. The number of aromatic nitrogens is 3. The molecule has 0 saturated carbocycles. The Bertz CT molecular complexity index is 1080. The van der Waals surface area contributed by atoms with Crippen molar-refractivity contribution in [1.82, 2.24) is 14.8 Å². The summed E-state index contributed by atoms with van der Waals surface area (Å²) in [6.07, 6.45) is 4.41. The van der Waals surface area contributed by atoms with Crippen LogP contribution in [0.5, 0.6) is 0 Å². The van der Waals surface area contributed by atoms with E-state index in [0.717, 1.165) is 29.8 Å². The number of nitrogens with two attached hydrogens (primary N) is 1. The summed E-state index contributed by atoms with van der Waals surface area (Å²) in [4.78, 5) is 4.52. The molecule has 2 N–H and O–H groups in total. The van der Waals surface area contributed by atoms with E-state index >= 15 is 0 Å². The van der Waals surface area contributed by atoms with Gasteiger partial charge in [-0.05, 0) is 49.6 Å². The molecule has 0 unspecified atom stereocenters. The average molecular weight is 354 g/mol. The smallest absolute Gasteiger partial charge is 0.177 e. The molecule has 2 heterocycles. The number of benzene rings is 1. The molecule has 0 amide bonds. The minimum atomic E-state index is -3.28. The zero-order valence-corrected chi connectivity index (χ0v) is 14.8. The number of nitrogen functional groups attached to an aromatic ring is 1. The number of hydrogen-bond acceptors (Lipinski definition) is 5. The SMILES string of the molecule is Cc1nn(-c2ccc(S(C)(=O)=O)cn2)c2c1CCc1ccc(N)cc1-2. The molecule has 7 heteroatoms. The summed E-state index contributed by atoms with van der Waals surface area (Å²) in [7, 11) is -3.28. The highest BCUT2D eigenvalue weighted by atomic mass is 32.2.